The summed E-state index contributed by atoms with van der Waals surface area (Å²) in [5.41, 5.74) is 0. The van der Waals surface area contributed by atoms with Crippen LogP contribution in [-0.2, 0) is 20.1 Å². The molecule has 0 atom stereocenters. The number of hydrogen-bond acceptors (Lipinski definition) is 5. The van der Waals surface area contributed by atoms with Gasteiger partial charge in [0.25, 0.3) is 10.1 Å². The minimum Gasteiger partial charge on any atom is -0.497 e. The van der Waals surface area contributed by atoms with Gasteiger partial charge in [0.05, 0.1) is 17.8 Å². The van der Waals surface area contributed by atoms with Gasteiger partial charge >= 0.3 is 0 Å². The molecule has 1 rings (SSSR count). The van der Waals surface area contributed by atoms with Crippen molar-refractivity contribution in [3.8, 4) is 5.75 Å². The summed E-state index contributed by atoms with van der Waals surface area (Å²) in [6.07, 6.45) is -0.0119. The number of sulfonamides is 1. The summed E-state index contributed by atoms with van der Waals surface area (Å²) >= 11 is 0. The Bertz CT molecular complexity index is 623. The molecule has 0 spiro atoms. The average Bonchev–Trinajstić information content (AvgIpc) is 2.34. The van der Waals surface area contributed by atoms with Gasteiger partial charge < -0.3 is 4.74 Å². The summed E-state index contributed by atoms with van der Waals surface area (Å²) in [5.74, 6) is -0.0889. The smallest absolute Gasteiger partial charge is 0.264 e. The van der Waals surface area contributed by atoms with Crippen molar-refractivity contribution in [1.29, 1.82) is 0 Å². The van der Waals surface area contributed by atoms with Crippen LogP contribution in [0.3, 0.4) is 0 Å². The molecule has 0 bridgehead atoms. The average molecular weight is 309 g/mol. The zero-order chi connectivity index (χ0) is 14.5. The summed E-state index contributed by atoms with van der Waals surface area (Å²) in [5, 5.41) is 0. The number of hydrogen-bond donors (Lipinski definition) is 2. The van der Waals surface area contributed by atoms with Gasteiger partial charge in [0.15, 0.2) is 0 Å². The van der Waals surface area contributed by atoms with Gasteiger partial charge in [0, 0.05) is 12.6 Å². The number of rotatable bonds is 7. The molecule has 0 aromatic heterocycles. The fourth-order valence-corrected chi connectivity index (χ4v) is 2.93. The molecule has 9 heteroatoms. The van der Waals surface area contributed by atoms with Crippen molar-refractivity contribution in [3.05, 3.63) is 24.3 Å². The van der Waals surface area contributed by atoms with Crippen molar-refractivity contribution in [3.63, 3.8) is 0 Å². The van der Waals surface area contributed by atoms with E-state index in [0.29, 0.717) is 5.75 Å². The first-order valence-corrected chi connectivity index (χ1v) is 8.43. The molecule has 1 aromatic rings. The van der Waals surface area contributed by atoms with Crippen molar-refractivity contribution < 1.29 is 26.1 Å². The number of benzene rings is 1. The second-order valence-electron chi connectivity index (χ2n) is 3.72. The third-order valence-electron chi connectivity index (χ3n) is 2.22. The highest BCUT2D eigenvalue weighted by molar-refractivity contribution is 7.89. The minimum atomic E-state index is -4.07. The Morgan fingerprint density at radius 3 is 2.53 bits per heavy atom. The van der Waals surface area contributed by atoms with Crippen LogP contribution in [0.4, 0.5) is 0 Å². The van der Waals surface area contributed by atoms with E-state index in [4.69, 9.17) is 9.29 Å². The standard InChI is InChI=1S/C10H15NO6S2/c1-17-9-4-2-5-10(8-9)19(15,16)11-6-3-7-18(12,13)14/h2,4-5,8,11H,3,6-7H2,1H3,(H,12,13,14). The molecule has 7 nitrogen and oxygen atoms in total. The fraction of sp³-hybridized carbons (Fsp3) is 0.400. The topological polar surface area (TPSA) is 110 Å². The zero-order valence-corrected chi connectivity index (χ0v) is 11.9. The Balaban J connectivity index is 2.65. The Kier molecular flexibility index (Phi) is 5.29. The van der Waals surface area contributed by atoms with Crippen LogP contribution >= 0.6 is 0 Å². The van der Waals surface area contributed by atoms with Crippen LogP contribution in [0.5, 0.6) is 5.75 Å². The van der Waals surface area contributed by atoms with Crippen molar-refractivity contribution >= 4 is 20.1 Å². The van der Waals surface area contributed by atoms with Crippen LogP contribution in [0.2, 0.25) is 0 Å². The first-order chi connectivity index (χ1) is 8.74. The van der Waals surface area contributed by atoms with E-state index in [9.17, 15) is 16.8 Å². The van der Waals surface area contributed by atoms with E-state index in [0.717, 1.165) is 0 Å². The van der Waals surface area contributed by atoms with E-state index in [1.807, 2.05) is 0 Å². The highest BCUT2D eigenvalue weighted by Crippen LogP contribution is 2.16. The molecule has 1 aromatic carbocycles. The Morgan fingerprint density at radius 1 is 1.26 bits per heavy atom. The SMILES string of the molecule is COc1cccc(S(=O)(=O)NCCCS(=O)(=O)O)c1. The molecular formula is C10H15NO6S2. The van der Waals surface area contributed by atoms with Crippen molar-refractivity contribution in [2.24, 2.45) is 0 Å². The van der Waals surface area contributed by atoms with Crippen molar-refractivity contribution in [2.45, 2.75) is 11.3 Å². The normalized spacial score (nSPS) is 12.3. The van der Waals surface area contributed by atoms with Gasteiger partial charge in [-0.2, -0.15) is 8.42 Å². The largest absolute Gasteiger partial charge is 0.497 e. The lowest BCUT2D eigenvalue weighted by atomic mass is 10.3. The molecular weight excluding hydrogens is 294 g/mol. The molecule has 0 heterocycles. The van der Waals surface area contributed by atoms with Gasteiger partial charge in [-0.05, 0) is 18.6 Å². The summed E-state index contributed by atoms with van der Waals surface area (Å²) in [6, 6.07) is 5.89. The lowest BCUT2D eigenvalue weighted by Gasteiger charge is -2.07. The molecule has 0 radical (unpaired) electrons. The maximum atomic E-state index is 11.8. The quantitative estimate of drug-likeness (QED) is 0.552. The summed E-state index contributed by atoms with van der Waals surface area (Å²) < 4.78 is 60.3. The van der Waals surface area contributed by atoms with E-state index < -0.39 is 25.9 Å². The molecule has 0 unspecified atom stereocenters. The third-order valence-corrected chi connectivity index (χ3v) is 4.49. The molecule has 0 aliphatic carbocycles. The Labute approximate surface area is 112 Å². The Morgan fingerprint density at radius 2 is 1.95 bits per heavy atom. The molecule has 19 heavy (non-hydrogen) atoms. The molecule has 0 aliphatic heterocycles. The molecule has 2 N–H and O–H groups in total. The number of methoxy groups -OCH3 is 1. The minimum absolute atomic E-state index is 0.0119. The van der Waals surface area contributed by atoms with E-state index in [1.54, 1.807) is 6.07 Å². The highest BCUT2D eigenvalue weighted by Gasteiger charge is 2.14. The van der Waals surface area contributed by atoms with Gasteiger partial charge in [-0.3, -0.25) is 4.55 Å². The molecule has 0 aliphatic rings. The first kappa shape index (κ1) is 15.9. The van der Waals surface area contributed by atoms with Gasteiger partial charge in [-0.1, -0.05) is 6.07 Å². The maximum Gasteiger partial charge on any atom is 0.264 e. The van der Waals surface area contributed by atoms with Crippen LogP contribution in [0.1, 0.15) is 6.42 Å². The lowest BCUT2D eigenvalue weighted by Crippen LogP contribution is -2.26. The van der Waals surface area contributed by atoms with E-state index in [1.165, 1.54) is 25.3 Å². The summed E-state index contributed by atoms with van der Waals surface area (Å²) in [4.78, 5) is 0.0266. The van der Waals surface area contributed by atoms with Crippen molar-refractivity contribution in [1.82, 2.24) is 4.72 Å². The first-order valence-electron chi connectivity index (χ1n) is 5.33. The second kappa shape index (κ2) is 6.33. The fourth-order valence-electron chi connectivity index (χ4n) is 1.31. The summed E-state index contributed by atoms with van der Waals surface area (Å²) in [6.45, 7) is -0.0840. The van der Waals surface area contributed by atoms with Gasteiger partial charge in [0.2, 0.25) is 10.0 Å². The zero-order valence-electron chi connectivity index (χ0n) is 10.2. The van der Waals surface area contributed by atoms with Crippen LogP contribution in [0.15, 0.2) is 29.2 Å². The highest BCUT2D eigenvalue weighted by atomic mass is 32.2. The summed E-state index contributed by atoms with van der Waals surface area (Å²) in [7, 11) is -6.37. The van der Waals surface area contributed by atoms with Gasteiger partial charge in [-0.25, -0.2) is 13.1 Å². The Hall–Kier alpha value is -1.16. The number of ether oxygens (including phenoxy) is 1. The van der Waals surface area contributed by atoms with Gasteiger partial charge in [-0.15, -0.1) is 0 Å². The number of nitrogens with one attached hydrogen (secondary N) is 1. The molecule has 0 saturated heterocycles. The second-order valence-corrected chi connectivity index (χ2v) is 7.06. The van der Waals surface area contributed by atoms with Crippen molar-refractivity contribution in [2.75, 3.05) is 19.4 Å². The molecule has 0 fully saturated rings. The molecule has 0 saturated carbocycles. The molecule has 108 valence electrons. The lowest BCUT2D eigenvalue weighted by molar-refractivity contribution is 0.413. The van der Waals surface area contributed by atoms with Crippen LogP contribution in [-0.4, -0.2) is 40.8 Å². The third kappa shape index (κ3) is 5.55. The van der Waals surface area contributed by atoms with Gasteiger partial charge in [0.1, 0.15) is 5.75 Å². The van der Waals surface area contributed by atoms with Crippen LogP contribution < -0.4 is 9.46 Å². The maximum absolute atomic E-state index is 11.8. The molecule has 0 amide bonds. The van der Waals surface area contributed by atoms with E-state index in [2.05, 4.69) is 4.72 Å². The van der Waals surface area contributed by atoms with E-state index in [-0.39, 0.29) is 17.9 Å². The van der Waals surface area contributed by atoms with Crippen LogP contribution in [0.25, 0.3) is 0 Å². The predicted octanol–water partition coefficient (Wildman–Crippen LogP) is 0.251. The predicted molar refractivity (Wildman–Crippen MR) is 69.2 cm³/mol. The van der Waals surface area contributed by atoms with E-state index >= 15 is 0 Å². The van der Waals surface area contributed by atoms with Crippen LogP contribution in [0, 0.1) is 0 Å². The monoisotopic (exact) mass is 309 g/mol.